The number of hydrogen-bond donors (Lipinski definition) is 1. The molecule has 0 spiro atoms. The van der Waals surface area contributed by atoms with Crippen molar-refractivity contribution in [2.45, 2.75) is 31.0 Å². The smallest absolute Gasteiger partial charge is 0.233 e. The van der Waals surface area contributed by atoms with Crippen LogP contribution in [0.4, 0.5) is 0 Å². The molecule has 1 N–H and O–H groups in total. The summed E-state index contributed by atoms with van der Waals surface area (Å²) in [6.45, 7) is 3.41. The van der Waals surface area contributed by atoms with Crippen LogP contribution < -0.4 is 5.32 Å². The van der Waals surface area contributed by atoms with Gasteiger partial charge in [-0.3, -0.25) is 4.79 Å². The van der Waals surface area contributed by atoms with Crippen molar-refractivity contribution in [1.82, 2.24) is 10.2 Å². The molecule has 134 valence electrons. The van der Waals surface area contributed by atoms with E-state index in [1.54, 1.807) is 11.8 Å². The van der Waals surface area contributed by atoms with Gasteiger partial charge in [-0.25, -0.2) is 0 Å². The minimum absolute atomic E-state index is 0.0790. The van der Waals surface area contributed by atoms with Crippen LogP contribution in [0.2, 0.25) is 0 Å². The van der Waals surface area contributed by atoms with Crippen LogP contribution in [0.3, 0.4) is 0 Å². The number of nitrogens with one attached hydrogen (secondary N) is 1. The van der Waals surface area contributed by atoms with Gasteiger partial charge in [0.25, 0.3) is 0 Å². The van der Waals surface area contributed by atoms with Crippen LogP contribution in [0, 0.1) is 0 Å². The first-order valence-electron chi connectivity index (χ1n) is 8.31. The lowest BCUT2D eigenvalue weighted by atomic mass is 10.1. The molecule has 0 bridgehead atoms. The van der Waals surface area contributed by atoms with E-state index in [9.17, 15) is 4.79 Å². The lowest BCUT2D eigenvalue weighted by molar-refractivity contribution is -0.120. The Bertz CT molecular complexity index is 688. The Hall–Kier alpha value is -1.30. The lowest BCUT2D eigenvalue weighted by Crippen LogP contribution is -2.31. The third kappa shape index (κ3) is 6.84. The molecule has 3 nitrogen and oxygen atoms in total. The van der Waals surface area contributed by atoms with E-state index in [2.05, 4.69) is 64.5 Å². The van der Waals surface area contributed by atoms with Gasteiger partial charge >= 0.3 is 0 Å². The number of benzene rings is 2. The number of carbonyl (C=O) groups excluding carboxylic acids is 1. The van der Waals surface area contributed by atoms with Crippen molar-refractivity contribution in [1.29, 1.82) is 0 Å². The van der Waals surface area contributed by atoms with Crippen molar-refractivity contribution in [3.05, 3.63) is 69.7 Å². The third-order valence-corrected chi connectivity index (χ3v) is 5.58. The minimum atomic E-state index is -0.0790. The van der Waals surface area contributed by atoms with E-state index in [-0.39, 0.29) is 11.2 Å². The molecule has 0 fully saturated rings. The summed E-state index contributed by atoms with van der Waals surface area (Å²) >= 11 is 5.10. The Morgan fingerprint density at radius 1 is 1.12 bits per heavy atom. The number of nitrogens with zero attached hydrogens (tertiary/aromatic N) is 1. The highest BCUT2D eigenvalue weighted by atomic mass is 79.9. The zero-order valence-corrected chi connectivity index (χ0v) is 17.4. The summed E-state index contributed by atoms with van der Waals surface area (Å²) in [6.07, 6.45) is 0. The van der Waals surface area contributed by atoms with E-state index in [1.165, 1.54) is 16.7 Å². The molecule has 0 heterocycles. The van der Waals surface area contributed by atoms with Crippen LogP contribution in [0.5, 0.6) is 0 Å². The Morgan fingerprint density at radius 3 is 2.40 bits per heavy atom. The Labute approximate surface area is 163 Å². The summed E-state index contributed by atoms with van der Waals surface area (Å²) in [6, 6.07) is 16.5. The highest BCUT2D eigenvalue weighted by Crippen LogP contribution is 2.20. The van der Waals surface area contributed by atoms with Crippen LogP contribution in [0.25, 0.3) is 0 Å². The number of hydrogen-bond acceptors (Lipinski definition) is 3. The van der Waals surface area contributed by atoms with E-state index >= 15 is 0 Å². The summed E-state index contributed by atoms with van der Waals surface area (Å²) in [5.74, 6) is 0.917. The molecule has 2 aromatic carbocycles. The normalized spacial score (nSPS) is 12.2. The van der Waals surface area contributed by atoms with Crippen molar-refractivity contribution in [2.75, 3.05) is 14.1 Å². The van der Waals surface area contributed by atoms with Gasteiger partial charge in [0, 0.05) is 23.3 Å². The molecule has 1 atom stereocenters. The van der Waals surface area contributed by atoms with Gasteiger partial charge in [-0.2, -0.15) is 0 Å². The van der Waals surface area contributed by atoms with Gasteiger partial charge in [0.05, 0.1) is 5.25 Å². The molecule has 2 aromatic rings. The predicted molar refractivity (Wildman–Crippen MR) is 111 cm³/mol. The van der Waals surface area contributed by atoms with Crippen molar-refractivity contribution in [3.8, 4) is 0 Å². The van der Waals surface area contributed by atoms with Crippen molar-refractivity contribution in [2.24, 2.45) is 0 Å². The molecule has 0 aliphatic heterocycles. The van der Waals surface area contributed by atoms with Crippen LogP contribution in [-0.2, 0) is 23.6 Å². The SMILES string of the molecule is C[C@H](SCc1ccc(Br)cc1)C(=O)NCc1ccccc1CN(C)C. The van der Waals surface area contributed by atoms with Gasteiger partial charge in [-0.15, -0.1) is 11.8 Å². The fourth-order valence-corrected chi connectivity index (χ4v) is 3.56. The summed E-state index contributed by atoms with van der Waals surface area (Å²) in [5, 5.41) is 2.99. The van der Waals surface area contributed by atoms with Gasteiger partial charge < -0.3 is 10.2 Å². The van der Waals surface area contributed by atoms with Gasteiger partial charge in [0.1, 0.15) is 0 Å². The predicted octanol–water partition coefficient (Wildman–Crippen LogP) is 4.45. The maximum absolute atomic E-state index is 12.4. The topological polar surface area (TPSA) is 32.3 Å². The molecule has 0 aliphatic rings. The maximum Gasteiger partial charge on any atom is 0.233 e. The monoisotopic (exact) mass is 420 g/mol. The first-order chi connectivity index (χ1) is 12.0. The zero-order chi connectivity index (χ0) is 18.2. The highest BCUT2D eigenvalue weighted by Gasteiger charge is 2.14. The first kappa shape index (κ1) is 20.0. The zero-order valence-electron chi connectivity index (χ0n) is 15.0. The van der Waals surface area contributed by atoms with Crippen molar-refractivity contribution >= 4 is 33.6 Å². The Balaban J connectivity index is 1.84. The van der Waals surface area contributed by atoms with E-state index in [0.717, 1.165) is 16.8 Å². The standard InChI is InChI=1S/C20H25BrN2OS/c1-15(25-14-16-8-10-19(21)11-9-16)20(24)22-12-17-6-4-5-7-18(17)13-23(2)3/h4-11,15H,12-14H2,1-3H3,(H,22,24)/t15-/m0/s1. The lowest BCUT2D eigenvalue weighted by Gasteiger charge is -2.16. The number of thioether (sulfide) groups is 1. The van der Waals surface area contributed by atoms with Gasteiger partial charge in [-0.05, 0) is 49.8 Å². The van der Waals surface area contributed by atoms with Gasteiger partial charge in [0.15, 0.2) is 0 Å². The second-order valence-corrected chi connectivity index (χ2v) is 8.55. The van der Waals surface area contributed by atoms with E-state index in [4.69, 9.17) is 0 Å². The number of amides is 1. The summed E-state index contributed by atoms with van der Waals surface area (Å²) in [5.41, 5.74) is 3.65. The fraction of sp³-hybridized carbons (Fsp3) is 0.350. The molecular formula is C20H25BrN2OS. The number of halogens is 1. The molecule has 25 heavy (non-hydrogen) atoms. The van der Waals surface area contributed by atoms with Crippen molar-refractivity contribution in [3.63, 3.8) is 0 Å². The molecule has 0 radical (unpaired) electrons. The molecular weight excluding hydrogens is 396 g/mol. The third-order valence-electron chi connectivity index (χ3n) is 3.84. The molecule has 0 saturated heterocycles. The Morgan fingerprint density at radius 2 is 1.76 bits per heavy atom. The fourth-order valence-electron chi connectivity index (χ4n) is 2.43. The van der Waals surface area contributed by atoms with E-state index in [1.807, 2.05) is 31.2 Å². The van der Waals surface area contributed by atoms with Crippen LogP contribution in [-0.4, -0.2) is 30.2 Å². The van der Waals surface area contributed by atoms with Gasteiger partial charge in [0.2, 0.25) is 5.91 Å². The molecule has 0 aromatic heterocycles. The Kier molecular flexibility index (Phi) is 8.00. The van der Waals surface area contributed by atoms with E-state index in [0.29, 0.717) is 6.54 Å². The molecule has 0 unspecified atom stereocenters. The molecule has 0 saturated carbocycles. The van der Waals surface area contributed by atoms with E-state index < -0.39 is 0 Å². The van der Waals surface area contributed by atoms with Crippen LogP contribution in [0.15, 0.2) is 53.0 Å². The maximum atomic E-state index is 12.4. The van der Waals surface area contributed by atoms with Gasteiger partial charge in [-0.1, -0.05) is 52.3 Å². The average molecular weight is 421 g/mol. The number of rotatable bonds is 8. The summed E-state index contributed by atoms with van der Waals surface area (Å²) < 4.78 is 1.07. The average Bonchev–Trinajstić information content (AvgIpc) is 2.59. The molecule has 5 heteroatoms. The second-order valence-electron chi connectivity index (χ2n) is 6.30. The summed E-state index contributed by atoms with van der Waals surface area (Å²) in [4.78, 5) is 14.5. The van der Waals surface area contributed by atoms with Crippen molar-refractivity contribution < 1.29 is 4.79 Å². The minimum Gasteiger partial charge on any atom is -0.351 e. The first-order valence-corrected chi connectivity index (χ1v) is 10.1. The molecule has 1 amide bonds. The molecule has 2 rings (SSSR count). The van der Waals surface area contributed by atoms with Crippen LogP contribution in [0.1, 0.15) is 23.6 Å². The quantitative estimate of drug-likeness (QED) is 0.684. The highest BCUT2D eigenvalue weighted by molar-refractivity contribution is 9.10. The summed E-state index contributed by atoms with van der Waals surface area (Å²) in [7, 11) is 4.10. The molecule has 0 aliphatic carbocycles. The second kappa shape index (κ2) is 10.00. The van der Waals surface area contributed by atoms with Crippen LogP contribution >= 0.6 is 27.7 Å². The largest absolute Gasteiger partial charge is 0.351 e. The number of carbonyl (C=O) groups is 1.